The van der Waals surface area contributed by atoms with Gasteiger partial charge in [-0.15, -0.1) is 0 Å². The Morgan fingerprint density at radius 3 is 2.42 bits per heavy atom. The van der Waals surface area contributed by atoms with E-state index in [9.17, 15) is 18.0 Å². The average molecular weight is 369 g/mol. The normalized spacial score (nSPS) is 11.8. The van der Waals surface area contributed by atoms with Crippen molar-refractivity contribution in [1.82, 2.24) is 15.8 Å². The highest BCUT2D eigenvalue weighted by Crippen LogP contribution is 2.32. The van der Waals surface area contributed by atoms with Gasteiger partial charge in [-0.05, 0) is 18.6 Å². The SMILES string of the molecule is CCCNC(=O)c1noc(-c2ccc(C(F)(F)F)cc2)c1CNC(C)C. The molecule has 0 aliphatic rings. The van der Waals surface area contributed by atoms with Crippen LogP contribution in [-0.4, -0.2) is 23.7 Å². The summed E-state index contributed by atoms with van der Waals surface area (Å²) in [6, 6.07) is 4.74. The lowest BCUT2D eigenvalue weighted by molar-refractivity contribution is -0.137. The van der Waals surface area contributed by atoms with E-state index in [1.165, 1.54) is 12.1 Å². The van der Waals surface area contributed by atoms with Gasteiger partial charge in [0.1, 0.15) is 0 Å². The van der Waals surface area contributed by atoms with Crippen LogP contribution in [0, 0.1) is 0 Å². The molecule has 0 bridgehead atoms. The lowest BCUT2D eigenvalue weighted by Crippen LogP contribution is -2.28. The largest absolute Gasteiger partial charge is 0.416 e. The highest BCUT2D eigenvalue weighted by atomic mass is 19.4. The number of benzene rings is 1. The molecule has 0 fully saturated rings. The summed E-state index contributed by atoms with van der Waals surface area (Å²) < 4.78 is 43.5. The zero-order chi connectivity index (χ0) is 19.3. The van der Waals surface area contributed by atoms with Gasteiger partial charge in [-0.3, -0.25) is 4.79 Å². The van der Waals surface area contributed by atoms with E-state index in [1.807, 2.05) is 20.8 Å². The molecule has 2 N–H and O–H groups in total. The fraction of sp³-hybridized carbons (Fsp3) is 0.444. The number of alkyl halides is 3. The van der Waals surface area contributed by atoms with Crippen molar-refractivity contribution in [2.75, 3.05) is 6.54 Å². The third-order valence-corrected chi connectivity index (χ3v) is 3.70. The molecule has 0 spiro atoms. The van der Waals surface area contributed by atoms with Crippen LogP contribution >= 0.6 is 0 Å². The maximum Gasteiger partial charge on any atom is 0.416 e. The fourth-order valence-corrected chi connectivity index (χ4v) is 2.32. The van der Waals surface area contributed by atoms with Crippen molar-refractivity contribution in [1.29, 1.82) is 0 Å². The molecule has 0 atom stereocenters. The van der Waals surface area contributed by atoms with Crippen molar-refractivity contribution >= 4 is 5.91 Å². The van der Waals surface area contributed by atoms with Crippen molar-refractivity contribution < 1.29 is 22.5 Å². The molecule has 0 saturated carbocycles. The summed E-state index contributed by atoms with van der Waals surface area (Å²) >= 11 is 0. The summed E-state index contributed by atoms with van der Waals surface area (Å²) in [5, 5.41) is 9.76. The maximum absolute atomic E-state index is 12.7. The maximum atomic E-state index is 12.7. The monoisotopic (exact) mass is 369 g/mol. The second-order valence-electron chi connectivity index (χ2n) is 6.21. The molecule has 26 heavy (non-hydrogen) atoms. The van der Waals surface area contributed by atoms with Crippen LogP contribution in [0.2, 0.25) is 0 Å². The van der Waals surface area contributed by atoms with E-state index < -0.39 is 11.7 Å². The Morgan fingerprint density at radius 2 is 1.88 bits per heavy atom. The van der Waals surface area contributed by atoms with Crippen molar-refractivity contribution in [3.8, 4) is 11.3 Å². The van der Waals surface area contributed by atoms with Crippen LogP contribution in [0.25, 0.3) is 11.3 Å². The number of halogens is 3. The van der Waals surface area contributed by atoms with Gasteiger partial charge in [-0.2, -0.15) is 13.2 Å². The number of hydrogen-bond donors (Lipinski definition) is 2. The van der Waals surface area contributed by atoms with E-state index in [-0.39, 0.29) is 23.4 Å². The van der Waals surface area contributed by atoms with Crippen molar-refractivity contribution in [2.24, 2.45) is 0 Å². The molecule has 1 amide bonds. The topological polar surface area (TPSA) is 67.2 Å². The second-order valence-corrected chi connectivity index (χ2v) is 6.21. The molecule has 5 nitrogen and oxygen atoms in total. The Balaban J connectivity index is 2.37. The van der Waals surface area contributed by atoms with Crippen LogP contribution in [0.5, 0.6) is 0 Å². The van der Waals surface area contributed by atoms with Crippen molar-refractivity contribution in [3.63, 3.8) is 0 Å². The number of nitrogens with zero attached hydrogens (tertiary/aromatic N) is 1. The van der Waals surface area contributed by atoms with E-state index in [0.29, 0.717) is 24.2 Å². The number of carbonyl (C=O) groups is 1. The first-order valence-electron chi connectivity index (χ1n) is 8.41. The fourth-order valence-electron chi connectivity index (χ4n) is 2.32. The van der Waals surface area contributed by atoms with Crippen LogP contribution in [0.1, 0.15) is 48.8 Å². The van der Waals surface area contributed by atoms with Crippen LogP contribution < -0.4 is 10.6 Å². The van der Waals surface area contributed by atoms with Gasteiger partial charge in [0.15, 0.2) is 11.5 Å². The average Bonchev–Trinajstić information content (AvgIpc) is 3.01. The van der Waals surface area contributed by atoms with Crippen LogP contribution in [0.4, 0.5) is 13.2 Å². The molecule has 1 aromatic heterocycles. The molecule has 1 heterocycles. The summed E-state index contributed by atoms with van der Waals surface area (Å²) in [5.41, 5.74) is 0.345. The molecular formula is C18H22F3N3O2. The van der Waals surface area contributed by atoms with E-state index in [2.05, 4.69) is 15.8 Å². The molecule has 0 aliphatic carbocycles. The quantitative estimate of drug-likeness (QED) is 0.774. The third kappa shape index (κ3) is 4.85. The highest BCUT2D eigenvalue weighted by Gasteiger charge is 2.30. The van der Waals surface area contributed by atoms with Gasteiger partial charge in [0, 0.05) is 30.3 Å². The van der Waals surface area contributed by atoms with Gasteiger partial charge in [0.05, 0.1) is 5.56 Å². The zero-order valence-corrected chi connectivity index (χ0v) is 14.9. The van der Waals surface area contributed by atoms with Crippen LogP contribution in [0.3, 0.4) is 0 Å². The number of aromatic nitrogens is 1. The van der Waals surface area contributed by atoms with E-state index in [0.717, 1.165) is 18.6 Å². The summed E-state index contributed by atoms with van der Waals surface area (Å²) in [4.78, 5) is 12.3. The van der Waals surface area contributed by atoms with Gasteiger partial charge in [-0.1, -0.05) is 38.1 Å². The summed E-state index contributed by atoms with van der Waals surface area (Å²) in [7, 11) is 0. The van der Waals surface area contributed by atoms with Crippen LogP contribution in [0.15, 0.2) is 28.8 Å². The minimum absolute atomic E-state index is 0.140. The minimum atomic E-state index is -4.41. The molecule has 0 unspecified atom stereocenters. The lowest BCUT2D eigenvalue weighted by atomic mass is 10.0. The van der Waals surface area contributed by atoms with Gasteiger partial charge in [0.25, 0.3) is 5.91 Å². The lowest BCUT2D eigenvalue weighted by Gasteiger charge is -2.10. The Labute approximate surface area is 149 Å². The van der Waals surface area contributed by atoms with Gasteiger partial charge in [-0.25, -0.2) is 0 Å². The molecular weight excluding hydrogens is 347 g/mol. The minimum Gasteiger partial charge on any atom is -0.355 e. The van der Waals surface area contributed by atoms with Crippen molar-refractivity contribution in [3.05, 3.63) is 41.1 Å². The molecule has 1 aromatic carbocycles. The first-order valence-corrected chi connectivity index (χ1v) is 8.41. The number of hydrogen-bond acceptors (Lipinski definition) is 4. The predicted octanol–water partition coefficient (Wildman–Crippen LogP) is 4.00. The molecule has 0 radical (unpaired) electrons. The first-order chi connectivity index (χ1) is 12.2. The standard InChI is InChI=1S/C18H22F3N3O2/c1-4-9-22-17(25)15-14(10-23-11(2)3)16(26-24-15)12-5-7-13(8-6-12)18(19,20)21/h5-8,11,23H,4,9-10H2,1-3H3,(H,22,25). The molecule has 2 aromatic rings. The van der Waals surface area contributed by atoms with Gasteiger partial charge >= 0.3 is 6.18 Å². The number of amides is 1. The van der Waals surface area contributed by atoms with E-state index in [4.69, 9.17) is 4.52 Å². The molecule has 142 valence electrons. The van der Waals surface area contributed by atoms with Crippen molar-refractivity contribution in [2.45, 2.75) is 46.0 Å². The summed E-state index contributed by atoms with van der Waals surface area (Å²) in [6.45, 7) is 6.63. The summed E-state index contributed by atoms with van der Waals surface area (Å²) in [6.07, 6.45) is -3.64. The Morgan fingerprint density at radius 1 is 1.23 bits per heavy atom. The molecule has 0 aliphatic heterocycles. The second kappa shape index (κ2) is 8.35. The van der Waals surface area contributed by atoms with E-state index in [1.54, 1.807) is 0 Å². The molecule has 0 saturated heterocycles. The first kappa shape index (κ1) is 20.0. The van der Waals surface area contributed by atoms with E-state index >= 15 is 0 Å². The Bertz CT molecular complexity index is 737. The van der Waals surface area contributed by atoms with Gasteiger partial charge in [0.2, 0.25) is 0 Å². The summed E-state index contributed by atoms with van der Waals surface area (Å²) in [5.74, 6) is -0.0807. The molecule has 8 heteroatoms. The highest BCUT2D eigenvalue weighted by molar-refractivity contribution is 5.95. The zero-order valence-electron chi connectivity index (χ0n) is 14.9. The molecule has 2 rings (SSSR count). The third-order valence-electron chi connectivity index (χ3n) is 3.70. The Kier molecular flexibility index (Phi) is 6.42. The Hall–Kier alpha value is -2.35. The number of carbonyl (C=O) groups excluding carboxylic acids is 1. The predicted molar refractivity (Wildman–Crippen MR) is 91.5 cm³/mol. The number of rotatable bonds is 7. The smallest absolute Gasteiger partial charge is 0.355 e. The van der Waals surface area contributed by atoms with Gasteiger partial charge < -0.3 is 15.2 Å². The van der Waals surface area contributed by atoms with Crippen LogP contribution in [-0.2, 0) is 12.7 Å². The number of nitrogens with one attached hydrogen (secondary N) is 2.